The summed E-state index contributed by atoms with van der Waals surface area (Å²) in [5.41, 5.74) is 5.82. The predicted octanol–water partition coefficient (Wildman–Crippen LogP) is 1.03. The van der Waals surface area contributed by atoms with Gasteiger partial charge in [0.05, 0.1) is 0 Å². The lowest BCUT2D eigenvalue weighted by atomic mass is 10.0. The molecular formula is C13H19FN2O2. The molecule has 0 aliphatic rings. The Hall–Kier alpha value is -1.46. The number of nitrogens with two attached hydrogens (primary N) is 1. The van der Waals surface area contributed by atoms with E-state index in [1.165, 1.54) is 18.2 Å². The molecule has 1 rings (SSSR count). The number of hydrogen-bond acceptors (Lipinski definition) is 3. The van der Waals surface area contributed by atoms with Gasteiger partial charge in [0.2, 0.25) is 5.91 Å². The zero-order valence-electron chi connectivity index (χ0n) is 10.6. The second-order valence-electron chi connectivity index (χ2n) is 4.50. The SMILES string of the molecule is CC(CO)C(C)NCc1cc(C(N)=O)ccc1F. The number of halogens is 1. The van der Waals surface area contributed by atoms with E-state index in [2.05, 4.69) is 5.32 Å². The molecule has 0 saturated heterocycles. The van der Waals surface area contributed by atoms with Gasteiger partial charge in [0, 0.05) is 30.3 Å². The van der Waals surface area contributed by atoms with E-state index in [1.807, 2.05) is 13.8 Å². The van der Waals surface area contributed by atoms with Crippen molar-refractivity contribution in [1.82, 2.24) is 5.32 Å². The maximum absolute atomic E-state index is 13.5. The van der Waals surface area contributed by atoms with E-state index in [0.717, 1.165) is 0 Å². The van der Waals surface area contributed by atoms with Crippen LogP contribution in [0, 0.1) is 11.7 Å². The van der Waals surface area contributed by atoms with Crippen LogP contribution in [-0.2, 0) is 6.54 Å². The Morgan fingerprint density at radius 1 is 1.50 bits per heavy atom. The van der Waals surface area contributed by atoms with Gasteiger partial charge in [0.15, 0.2) is 0 Å². The van der Waals surface area contributed by atoms with Crippen molar-refractivity contribution in [3.63, 3.8) is 0 Å². The molecular weight excluding hydrogens is 235 g/mol. The summed E-state index contributed by atoms with van der Waals surface area (Å²) in [7, 11) is 0. The van der Waals surface area contributed by atoms with Crippen molar-refractivity contribution in [3.05, 3.63) is 35.1 Å². The van der Waals surface area contributed by atoms with Crippen LogP contribution in [0.1, 0.15) is 29.8 Å². The number of rotatable bonds is 6. The van der Waals surface area contributed by atoms with Crippen molar-refractivity contribution in [2.45, 2.75) is 26.4 Å². The van der Waals surface area contributed by atoms with Crippen LogP contribution in [0.2, 0.25) is 0 Å². The van der Waals surface area contributed by atoms with Crippen molar-refractivity contribution in [2.24, 2.45) is 11.7 Å². The molecule has 18 heavy (non-hydrogen) atoms. The number of hydrogen-bond donors (Lipinski definition) is 3. The topological polar surface area (TPSA) is 75.3 Å². The van der Waals surface area contributed by atoms with Gasteiger partial charge in [-0.25, -0.2) is 4.39 Å². The summed E-state index contributed by atoms with van der Waals surface area (Å²) in [4.78, 5) is 11.0. The van der Waals surface area contributed by atoms with Gasteiger partial charge in [0.1, 0.15) is 5.82 Å². The summed E-state index contributed by atoms with van der Waals surface area (Å²) < 4.78 is 13.5. The third kappa shape index (κ3) is 3.78. The van der Waals surface area contributed by atoms with Gasteiger partial charge < -0.3 is 16.2 Å². The summed E-state index contributed by atoms with van der Waals surface area (Å²) in [6.45, 7) is 4.17. The van der Waals surface area contributed by atoms with Crippen LogP contribution in [0.5, 0.6) is 0 Å². The molecule has 2 atom stereocenters. The molecule has 4 nitrogen and oxygen atoms in total. The Kier molecular flexibility index (Phi) is 5.25. The Balaban J connectivity index is 2.72. The molecule has 100 valence electrons. The molecule has 0 fully saturated rings. The molecule has 0 saturated carbocycles. The summed E-state index contributed by atoms with van der Waals surface area (Å²) in [6, 6.07) is 4.09. The normalized spacial score (nSPS) is 14.2. The summed E-state index contributed by atoms with van der Waals surface area (Å²) in [5.74, 6) is -0.878. The van der Waals surface area contributed by atoms with Crippen LogP contribution in [0.4, 0.5) is 4.39 Å². The molecule has 5 heteroatoms. The number of primary amides is 1. The van der Waals surface area contributed by atoms with E-state index in [4.69, 9.17) is 10.8 Å². The van der Waals surface area contributed by atoms with Gasteiger partial charge >= 0.3 is 0 Å². The van der Waals surface area contributed by atoms with Crippen LogP contribution >= 0.6 is 0 Å². The molecule has 0 heterocycles. The van der Waals surface area contributed by atoms with E-state index in [-0.39, 0.29) is 29.9 Å². The maximum Gasteiger partial charge on any atom is 0.248 e. The third-order valence-electron chi connectivity index (χ3n) is 3.09. The largest absolute Gasteiger partial charge is 0.396 e. The minimum Gasteiger partial charge on any atom is -0.396 e. The second-order valence-corrected chi connectivity index (χ2v) is 4.50. The Labute approximate surface area is 106 Å². The Morgan fingerprint density at radius 2 is 2.17 bits per heavy atom. The molecule has 0 aromatic heterocycles. The van der Waals surface area contributed by atoms with Crippen molar-refractivity contribution in [1.29, 1.82) is 0 Å². The number of nitrogens with one attached hydrogen (secondary N) is 1. The fourth-order valence-corrected chi connectivity index (χ4v) is 1.49. The van der Waals surface area contributed by atoms with Crippen molar-refractivity contribution in [3.8, 4) is 0 Å². The lowest BCUT2D eigenvalue weighted by molar-refractivity contribution is 0.1000. The predicted molar refractivity (Wildman–Crippen MR) is 67.5 cm³/mol. The molecule has 2 unspecified atom stereocenters. The molecule has 1 amide bonds. The molecule has 0 bridgehead atoms. The first kappa shape index (κ1) is 14.6. The van der Waals surface area contributed by atoms with E-state index < -0.39 is 5.91 Å². The quantitative estimate of drug-likeness (QED) is 0.709. The van der Waals surface area contributed by atoms with E-state index >= 15 is 0 Å². The second kappa shape index (κ2) is 6.47. The first-order chi connectivity index (χ1) is 8.45. The number of carbonyl (C=O) groups is 1. The fraction of sp³-hybridized carbons (Fsp3) is 0.462. The van der Waals surface area contributed by atoms with Crippen molar-refractivity contribution >= 4 is 5.91 Å². The summed E-state index contributed by atoms with van der Waals surface area (Å²) >= 11 is 0. The number of aliphatic hydroxyl groups is 1. The Morgan fingerprint density at radius 3 is 2.72 bits per heavy atom. The Bertz CT molecular complexity index is 423. The molecule has 0 radical (unpaired) electrons. The number of carbonyl (C=O) groups excluding carboxylic acids is 1. The van der Waals surface area contributed by atoms with Gasteiger partial charge in [0.25, 0.3) is 0 Å². The fourth-order valence-electron chi connectivity index (χ4n) is 1.49. The van der Waals surface area contributed by atoms with Gasteiger partial charge in [-0.1, -0.05) is 6.92 Å². The zero-order valence-corrected chi connectivity index (χ0v) is 10.6. The van der Waals surface area contributed by atoms with E-state index in [0.29, 0.717) is 12.1 Å². The number of amides is 1. The summed E-state index contributed by atoms with van der Waals surface area (Å²) in [5, 5.41) is 12.1. The number of benzene rings is 1. The minimum atomic E-state index is -0.576. The van der Waals surface area contributed by atoms with Crippen LogP contribution in [0.25, 0.3) is 0 Å². The smallest absolute Gasteiger partial charge is 0.248 e. The molecule has 0 aliphatic heterocycles. The van der Waals surface area contributed by atoms with Crippen LogP contribution < -0.4 is 11.1 Å². The molecule has 0 aliphatic carbocycles. The highest BCUT2D eigenvalue weighted by Gasteiger charge is 2.12. The molecule has 1 aromatic carbocycles. The number of aliphatic hydroxyl groups excluding tert-OH is 1. The van der Waals surface area contributed by atoms with Crippen LogP contribution in [0.15, 0.2) is 18.2 Å². The zero-order chi connectivity index (χ0) is 13.7. The maximum atomic E-state index is 13.5. The molecule has 0 spiro atoms. The van der Waals surface area contributed by atoms with Crippen LogP contribution in [0.3, 0.4) is 0 Å². The first-order valence-electron chi connectivity index (χ1n) is 5.88. The highest BCUT2D eigenvalue weighted by Crippen LogP contribution is 2.11. The molecule has 1 aromatic rings. The third-order valence-corrected chi connectivity index (χ3v) is 3.09. The molecule has 4 N–H and O–H groups in total. The van der Waals surface area contributed by atoms with E-state index in [9.17, 15) is 9.18 Å². The standard InChI is InChI=1S/C13H19FN2O2/c1-8(7-17)9(2)16-6-11-5-10(13(15)18)3-4-12(11)14/h3-5,8-9,16-17H,6-7H2,1-2H3,(H2,15,18). The highest BCUT2D eigenvalue weighted by atomic mass is 19.1. The highest BCUT2D eigenvalue weighted by molar-refractivity contribution is 5.92. The summed E-state index contributed by atoms with van der Waals surface area (Å²) in [6.07, 6.45) is 0. The minimum absolute atomic E-state index is 0.0478. The van der Waals surface area contributed by atoms with Gasteiger partial charge in [-0.15, -0.1) is 0 Å². The van der Waals surface area contributed by atoms with Crippen LogP contribution in [-0.4, -0.2) is 23.7 Å². The van der Waals surface area contributed by atoms with Gasteiger partial charge in [-0.05, 0) is 31.0 Å². The van der Waals surface area contributed by atoms with Gasteiger partial charge in [-0.3, -0.25) is 4.79 Å². The van der Waals surface area contributed by atoms with Gasteiger partial charge in [-0.2, -0.15) is 0 Å². The lowest BCUT2D eigenvalue weighted by Crippen LogP contribution is -2.33. The average molecular weight is 254 g/mol. The lowest BCUT2D eigenvalue weighted by Gasteiger charge is -2.19. The monoisotopic (exact) mass is 254 g/mol. The van der Waals surface area contributed by atoms with Crippen molar-refractivity contribution < 1.29 is 14.3 Å². The van der Waals surface area contributed by atoms with E-state index in [1.54, 1.807) is 0 Å². The first-order valence-corrected chi connectivity index (χ1v) is 5.88. The van der Waals surface area contributed by atoms with Crippen molar-refractivity contribution in [2.75, 3.05) is 6.61 Å². The average Bonchev–Trinajstić information content (AvgIpc) is 2.36.